The molecule has 182 valence electrons. The lowest BCUT2D eigenvalue weighted by molar-refractivity contribution is 0.0824. The summed E-state index contributed by atoms with van der Waals surface area (Å²) >= 11 is 0. The molecule has 0 aliphatic heterocycles. The first kappa shape index (κ1) is 26.2. The smallest absolute Gasteiger partial charge is 0.295 e. The van der Waals surface area contributed by atoms with E-state index in [1.54, 1.807) is 57.4 Å². The maximum atomic E-state index is 13.2. The minimum absolute atomic E-state index is 0.0402. The molecule has 4 N–H and O–H groups in total. The Kier molecular flexibility index (Phi) is 9.06. The number of nitrogens with zero attached hydrogens (tertiary/aromatic N) is 2. The number of amides is 1. The zero-order chi connectivity index (χ0) is 25.4. The monoisotopic (exact) mass is 467 g/mol. The highest BCUT2D eigenvalue weighted by Gasteiger charge is 2.20. The molecule has 0 bridgehead atoms. The first-order valence-electron chi connectivity index (χ1n) is 11.1. The SMILES string of the molecule is CC(C)C.CCNc1c(Nc2cccc(C(=O)N(C)C)c2O)c(=O)n(-c2ccccc2)[nH]c1=O. The van der Waals surface area contributed by atoms with Crippen molar-refractivity contribution in [2.24, 2.45) is 5.92 Å². The molecule has 1 heterocycles. The maximum absolute atomic E-state index is 13.2. The number of anilines is 3. The third-order valence-corrected chi connectivity index (χ3v) is 4.41. The molecule has 0 saturated carbocycles. The Hall–Kier alpha value is -4.01. The number of aromatic amines is 1. The highest BCUT2D eigenvalue weighted by molar-refractivity contribution is 5.98. The number of carbonyl (C=O) groups is 1. The van der Waals surface area contributed by atoms with Crippen LogP contribution in [-0.4, -0.2) is 46.3 Å². The minimum Gasteiger partial charge on any atom is -0.505 e. The highest BCUT2D eigenvalue weighted by atomic mass is 16.3. The van der Waals surface area contributed by atoms with Gasteiger partial charge in [-0.15, -0.1) is 0 Å². The van der Waals surface area contributed by atoms with Gasteiger partial charge in [0, 0.05) is 20.6 Å². The van der Waals surface area contributed by atoms with Crippen LogP contribution in [0.4, 0.5) is 17.1 Å². The molecule has 0 unspecified atom stereocenters. The van der Waals surface area contributed by atoms with Crippen molar-refractivity contribution < 1.29 is 9.90 Å². The summed E-state index contributed by atoms with van der Waals surface area (Å²) in [4.78, 5) is 39.5. The lowest BCUT2D eigenvalue weighted by Crippen LogP contribution is -2.32. The van der Waals surface area contributed by atoms with E-state index in [1.165, 1.54) is 17.0 Å². The van der Waals surface area contributed by atoms with Gasteiger partial charge in [-0.05, 0) is 37.1 Å². The number of aromatic hydroxyl groups is 1. The molecule has 3 aromatic rings. The summed E-state index contributed by atoms with van der Waals surface area (Å²) in [6.45, 7) is 8.69. The molecular formula is C25H33N5O4. The van der Waals surface area contributed by atoms with Crippen molar-refractivity contribution in [3.8, 4) is 11.4 Å². The van der Waals surface area contributed by atoms with Crippen LogP contribution >= 0.6 is 0 Å². The topological polar surface area (TPSA) is 119 Å². The molecule has 9 heteroatoms. The van der Waals surface area contributed by atoms with Gasteiger partial charge in [-0.1, -0.05) is 45.0 Å². The van der Waals surface area contributed by atoms with Crippen LogP contribution in [0, 0.1) is 5.92 Å². The molecule has 0 atom stereocenters. The maximum Gasteiger partial charge on any atom is 0.295 e. The third kappa shape index (κ3) is 6.28. The highest BCUT2D eigenvalue weighted by Crippen LogP contribution is 2.31. The quantitative estimate of drug-likeness (QED) is 0.410. The number of hydrogen-bond acceptors (Lipinski definition) is 6. The fourth-order valence-corrected chi connectivity index (χ4v) is 2.95. The average molecular weight is 468 g/mol. The van der Waals surface area contributed by atoms with Crippen molar-refractivity contribution >= 4 is 23.0 Å². The molecule has 3 rings (SSSR count). The Labute approximate surface area is 199 Å². The Morgan fingerprint density at radius 3 is 2.21 bits per heavy atom. The number of hydrogen-bond donors (Lipinski definition) is 4. The van der Waals surface area contributed by atoms with Gasteiger partial charge in [-0.25, -0.2) is 4.68 Å². The predicted molar refractivity (Wildman–Crippen MR) is 137 cm³/mol. The summed E-state index contributed by atoms with van der Waals surface area (Å²) in [5.74, 6) is 0.125. The van der Waals surface area contributed by atoms with E-state index in [2.05, 4.69) is 36.5 Å². The number of phenolic OH excluding ortho intramolecular Hbond substituents is 1. The summed E-state index contributed by atoms with van der Waals surface area (Å²) in [6, 6.07) is 13.2. The molecule has 0 fully saturated rings. The number of benzene rings is 2. The van der Waals surface area contributed by atoms with Gasteiger partial charge in [-0.3, -0.25) is 19.5 Å². The Bertz CT molecular complexity index is 1230. The van der Waals surface area contributed by atoms with Gasteiger partial charge in [0.2, 0.25) is 0 Å². The molecule has 0 aliphatic rings. The fraction of sp³-hybridized carbons (Fsp3) is 0.320. The zero-order valence-corrected chi connectivity index (χ0v) is 20.5. The van der Waals surface area contributed by atoms with Crippen LogP contribution in [-0.2, 0) is 0 Å². The van der Waals surface area contributed by atoms with E-state index < -0.39 is 17.0 Å². The van der Waals surface area contributed by atoms with Gasteiger partial charge in [0.05, 0.1) is 16.9 Å². The van der Waals surface area contributed by atoms with Crippen LogP contribution < -0.4 is 21.8 Å². The average Bonchev–Trinajstić information content (AvgIpc) is 2.79. The summed E-state index contributed by atoms with van der Waals surface area (Å²) < 4.78 is 1.12. The third-order valence-electron chi connectivity index (χ3n) is 4.41. The van der Waals surface area contributed by atoms with Gasteiger partial charge in [0.25, 0.3) is 17.0 Å². The van der Waals surface area contributed by atoms with Crippen molar-refractivity contribution in [1.82, 2.24) is 14.7 Å². The molecule has 0 aliphatic carbocycles. The molecule has 1 amide bonds. The van der Waals surface area contributed by atoms with Crippen LogP contribution in [0.1, 0.15) is 38.1 Å². The van der Waals surface area contributed by atoms with Crippen LogP contribution in [0.2, 0.25) is 0 Å². The number of rotatable bonds is 6. The van der Waals surface area contributed by atoms with Crippen LogP contribution in [0.5, 0.6) is 5.75 Å². The molecule has 0 spiro atoms. The van der Waals surface area contributed by atoms with Crippen molar-refractivity contribution in [2.75, 3.05) is 31.3 Å². The molecule has 0 saturated heterocycles. The fourth-order valence-electron chi connectivity index (χ4n) is 2.95. The zero-order valence-electron chi connectivity index (χ0n) is 20.5. The number of para-hydroxylation sites is 2. The van der Waals surface area contributed by atoms with E-state index in [0.29, 0.717) is 12.2 Å². The number of carbonyl (C=O) groups excluding carboxylic acids is 1. The van der Waals surface area contributed by atoms with Crippen LogP contribution in [0.25, 0.3) is 5.69 Å². The molecule has 34 heavy (non-hydrogen) atoms. The van der Waals surface area contributed by atoms with Crippen molar-refractivity contribution in [2.45, 2.75) is 27.7 Å². The second kappa shape index (κ2) is 11.7. The first-order chi connectivity index (χ1) is 16.1. The predicted octanol–water partition coefficient (Wildman–Crippen LogP) is 3.77. The van der Waals surface area contributed by atoms with Crippen molar-refractivity contribution in [1.29, 1.82) is 0 Å². The van der Waals surface area contributed by atoms with Gasteiger partial charge in [0.15, 0.2) is 5.75 Å². The van der Waals surface area contributed by atoms with E-state index in [4.69, 9.17) is 0 Å². The Morgan fingerprint density at radius 2 is 1.65 bits per heavy atom. The van der Waals surface area contributed by atoms with Crippen LogP contribution in [0.3, 0.4) is 0 Å². The van der Waals surface area contributed by atoms with E-state index in [9.17, 15) is 19.5 Å². The second-order valence-electron chi connectivity index (χ2n) is 8.46. The standard InChI is InChI=1S/C21H23N5O4.C4H10/c1-4-22-16-17(21(30)26(24-19(16)28)13-9-6-5-7-10-13)23-15-12-8-11-14(18(15)27)20(29)25(2)3;1-4(2)3/h5-12,22-23,27H,4H2,1-3H3,(H,24,28);4H,1-3H3. The molecular weight excluding hydrogens is 434 g/mol. The van der Waals surface area contributed by atoms with Gasteiger partial charge < -0.3 is 20.6 Å². The summed E-state index contributed by atoms with van der Waals surface area (Å²) in [5, 5.41) is 18.9. The van der Waals surface area contributed by atoms with Crippen molar-refractivity contribution in [3.63, 3.8) is 0 Å². The van der Waals surface area contributed by atoms with E-state index in [0.717, 1.165) is 10.6 Å². The number of phenols is 1. The van der Waals surface area contributed by atoms with Crippen LogP contribution in [0.15, 0.2) is 58.1 Å². The Morgan fingerprint density at radius 1 is 1.03 bits per heavy atom. The number of aromatic nitrogens is 2. The van der Waals surface area contributed by atoms with Gasteiger partial charge >= 0.3 is 0 Å². The lowest BCUT2D eigenvalue weighted by Gasteiger charge is -2.17. The second-order valence-corrected chi connectivity index (χ2v) is 8.46. The van der Waals surface area contributed by atoms with E-state index in [1.807, 2.05) is 0 Å². The lowest BCUT2D eigenvalue weighted by atomic mass is 10.1. The molecule has 2 aromatic carbocycles. The molecule has 9 nitrogen and oxygen atoms in total. The molecule has 0 radical (unpaired) electrons. The minimum atomic E-state index is -0.527. The van der Waals surface area contributed by atoms with Gasteiger partial charge in [-0.2, -0.15) is 0 Å². The number of H-pyrrole nitrogens is 1. The van der Waals surface area contributed by atoms with Crippen molar-refractivity contribution in [3.05, 3.63) is 74.8 Å². The number of nitrogens with one attached hydrogen (secondary N) is 3. The van der Waals surface area contributed by atoms with E-state index >= 15 is 0 Å². The summed E-state index contributed by atoms with van der Waals surface area (Å²) in [7, 11) is 3.14. The normalized spacial score (nSPS) is 10.3. The summed E-state index contributed by atoms with van der Waals surface area (Å²) in [6.07, 6.45) is 0. The van der Waals surface area contributed by atoms with E-state index in [-0.39, 0.29) is 28.4 Å². The Balaban J connectivity index is 0.000000945. The molecule has 1 aromatic heterocycles. The van der Waals surface area contributed by atoms with Gasteiger partial charge in [0.1, 0.15) is 11.4 Å². The largest absolute Gasteiger partial charge is 0.505 e. The first-order valence-corrected chi connectivity index (χ1v) is 11.1. The summed E-state index contributed by atoms with van der Waals surface area (Å²) in [5.41, 5.74) is -0.366.